The lowest BCUT2D eigenvalue weighted by molar-refractivity contribution is -0.192. The maximum absolute atomic E-state index is 13.1. The second kappa shape index (κ2) is 25.9. The molecule has 4 N–H and O–H groups in total. The third-order valence-corrected chi connectivity index (χ3v) is 10.1. The van der Waals surface area contributed by atoms with Crippen LogP contribution in [0.25, 0.3) is 27.9 Å². The molecule has 0 saturated heterocycles. The number of alkyl halides is 9. The largest absolute Gasteiger partial charge is 0.490 e. The Bertz CT molecular complexity index is 3600. The molecule has 0 aliphatic carbocycles. The molecule has 81 heavy (non-hydrogen) atoms. The van der Waals surface area contributed by atoms with Gasteiger partial charge in [0.05, 0.1) is 12.1 Å². The minimum absolute atomic E-state index is 0. The van der Waals surface area contributed by atoms with Crippen LogP contribution in [0.1, 0.15) is 89.7 Å². The maximum Gasteiger partial charge on any atom is 0.490 e. The molecule has 0 atom stereocenters. The molecule has 21 nitrogen and oxygen atoms in total. The van der Waals surface area contributed by atoms with E-state index in [0.717, 1.165) is 12.1 Å². The van der Waals surface area contributed by atoms with E-state index in [0.29, 0.717) is 35.2 Å². The molecule has 0 fully saturated rings. The molecule has 0 aliphatic rings. The monoisotopic (exact) mass is 1140 g/mol. The number of hydrogen-bond donors (Lipinski definition) is 4. The number of hydrogen-bond acceptors (Lipinski definition) is 14. The zero-order valence-electron chi connectivity index (χ0n) is 41.4. The average Bonchev–Trinajstić information content (AvgIpc) is 4.16. The predicted molar refractivity (Wildman–Crippen MR) is 268 cm³/mol. The van der Waals surface area contributed by atoms with Crippen LogP contribution < -0.4 is 20.1 Å². The van der Waals surface area contributed by atoms with Gasteiger partial charge in [0.15, 0.2) is 17.3 Å². The van der Waals surface area contributed by atoms with Crippen LogP contribution in [0, 0.1) is 6.57 Å². The Morgan fingerprint density at radius 3 is 1.36 bits per heavy atom. The highest BCUT2D eigenvalue weighted by Crippen LogP contribution is 2.35. The molecule has 8 rings (SSSR count). The van der Waals surface area contributed by atoms with Crippen molar-refractivity contribution in [1.82, 2.24) is 49.5 Å². The van der Waals surface area contributed by atoms with E-state index in [9.17, 15) is 53.9 Å². The number of rotatable bonds is 13. The van der Waals surface area contributed by atoms with E-state index < -0.39 is 71.0 Å². The van der Waals surface area contributed by atoms with Gasteiger partial charge in [0, 0.05) is 35.3 Å². The number of halogens is 9. The molecule has 0 radical (unpaired) electrons. The van der Waals surface area contributed by atoms with Crippen LogP contribution in [-0.4, -0.2) is 89.6 Å². The van der Waals surface area contributed by atoms with Gasteiger partial charge >= 0.3 is 30.5 Å². The van der Waals surface area contributed by atoms with Gasteiger partial charge in [0.2, 0.25) is 11.8 Å². The van der Waals surface area contributed by atoms with Gasteiger partial charge in [-0.1, -0.05) is 31.7 Å². The topological polar surface area (TPSA) is 269 Å². The SMILES string of the molecule is C.CC(C)n1cnnc1-c1cccc(NC(=O)c2cccc(Oc3cc(C(=O)O)cc(C(F)(F)F)n3)c2)n1.O=C(O)C(F)(F)F.[C-]#[N+]c1cc(Oc2cccc(C(=O)Nc3cccc(-c4nncn4C(C)C)n3)c2)nc(C(F)(F)F)c1. The van der Waals surface area contributed by atoms with Crippen molar-refractivity contribution in [3.05, 3.63) is 161 Å². The number of carboxylic acid groups (broad SMARTS) is 2. The molecule has 6 aromatic heterocycles. The van der Waals surface area contributed by atoms with E-state index in [1.54, 1.807) is 49.1 Å². The van der Waals surface area contributed by atoms with Crippen molar-refractivity contribution in [1.29, 1.82) is 0 Å². The number of amides is 2. The van der Waals surface area contributed by atoms with Crippen molar-refractivity contribution in [2.24, 2.45) is 0 Å². The lowest BCUT2D eigenvalue weighted by atomic mass is 10.2. The van der Waals surface area contributed by atoms with E-state index >= 15 is 0 Å². The van der Waals surface area contributed by atoms with Crippen molar-refractivity contribution in [2.75, 3.05) is 10.6 Å². The number of aromatic carboxylic acids is 1. The Morgan fingerprint density at radius 2 is 0.975 bits per heavy atom. The molecule has 8 aromatic rings. The summed E-state index contributed by atoms with van der Waals surface area (Å²) in [6.45, 7) is 14.9. The fourth-order valence-corrected chi connectivity index (χ4v) is 6.47. The first-order valence-corrected chi connectivity index (χ1v) is 22.6. The van der Waals surface area contributed by atoms with Crippen LogP contribution in [-0.2, 0) is 17.1 Å². The summed E-state index contributed by atoms with van der Waals surface area (Å²) in [4.78, 5) is 64.5. The first-order chi connectivity index (χ1) is 37.6. The van der Waals surface area contributed by atoms with E-state index in [1.807, 2.05) is 36.8 Å². The Balaban J connectivity index is 0.000000263. The minimum Gasteiger partial charge on any atom is -0.478 e. The third-order valence-electron chi connectivity index (χ3n) is 10.1. The number of pyridine rings is 4. The summed E-state index contributed by atoms with van der Waals surface area (Å²) in [7, 11) is 0. The summed E-state index contributed by atoms with van der Waals surface area (Å²) < 4.78 is 125. The second-order valence-corrected chi connectivity index (χ2v) is 16.6. The summed E-state index contributed by atoms with van der Waals surface area (Å²) in [6.07, 6.45) is -11.5. The van der Waals surface area contributed by atoms with Crippen LogP contribution in [0.3, 0.4) is 0 Å². The minimum atomic E-state index is -5.08. The molecule has 0 aliphatic heterocycles. The van der Waals surface area contributed by atoms with E-state index in [-0.39, 0.29) is 59.5 Å². The number of nitrogens with one attached hydrogen (secondary N) is 2. The van der Waals surface area contributed by atoms with Crippen molar-refractivity contribution in [3.63, 3.8) is 0 Å². The van der Waals surface area contributed by atoms with Crippen LogP contribution >= 0.6 is 0 Å². The molecule has 0 spiro atoms. The quantitative estimate of drug-likeness (QED) is 0.0617. The molecule has 30 heteroatoms. The van der Waals surface area contributed by atoms with Crippen molar-refractivity contribution in [3.8, 4) is 46.3 Å². The van der Waals surface area contributed by atoms with Crippen LogP contribution in [0.2, 0.25) is 0 Å². The molecule has 422 valence electrons. The highest BCUT2D eigenvalue weighted by Gasteiger charge is 2.38. The second-order valence-electron chi connectivity index (χ2n) is 16.6. The molecular formula is C51H42F9N13O8. The standard InChI is InChI=1S/C24H18F3N7O2.C24H19F3N6O4.C2HF3O2.CH4/c1-14(2)34-13-29-33-22(34)18-8-5-9-20(30-18)32-23(35)15-6-4-7-17(10-15)36-21-12-16(28-3)11-19(31-21)24(25,26)27;1-13(2)33-12-28-32-21(33)17-7-4-8-19(29-17)31-22(34)14-5-3-6-16(9-14)37-20-11-15(23(35)36)10-18(30-20)24(25,26)27;3-2(4,5)1(6)7;/h4-14H,1-2H3,(H,30,32,35);3-13H,1-2H3,(H,35,36)(H,29,31,34);(H,6,7);1H4. The highest BCUT2D eigenvalue weighted by molar-refractivity contribution is 6.04. The van der Waals surface area contributed by atoms with Crippen molar-refractivity contribution in [2.45, 2.75) is 65.7 Å². The zero-order chi connectivity index (χ0) is 58.7. The maximum atomic E-state index is 13.1. The Kier molecular flexibility index (Phi) is 19.6. The van der Waals surface area contributed by atoms with E-state index in [2.05, 4.69) is 55.8 Å². The summed E-state index contributed by atoms with van der Waals surface area (Å²) >= 11 is 0. The van der Waals surface area contributed by atoms with Crippen LogP contribution in [0.4, 0.5) is 56.8 Å². The molecule has 6 heterocycles. The van der Waals surface area contributed by atoms with Crippen molar-refractivity contribution < 1.29 is 78.4 Å². The number of ether oxygens (including phenoxy) is 2. The summed E-state index contributed by atoms with van der Waals surface area (Å²) in [6, 6.07) is 24.6. The summed E-state index contributed by atoms with van der Waals surface area (Å²) in [5.74, 6) is -4.82. The van der Waals surface area contributed by atoms with Gasteiger partial charge in [0.25, 0.3) is 11.8 Å². The Labute approximate surface area is 452 Å². The number of aromatic nitrogens is 10. The Hall–Kier alpha value is -10.3. The lowest BCUT2D eigenvalue weighted by Gasteiger charge is -2.12. The molecule has 0 unspecified atom stereocenters. The normalized spacial score (nSPS) is 11.2. The lowest BCUT2D eigenvalue weighted by Crippen LogP contribution is -2.21. The first kappa shape index (κ1) is 61.5. The highest BCUT2D eigenvalue weighted by atomic mass is 19.4. The third kappa shape index (κ3) is 16.8. The number of carboxylic acids is 2. The van der Waals surface area contributed by atoms with Gasteiger partial charge in [-0.05, 0) is 100 Å². The summed E-state index contributed by atoms with van der Waals surface area (Å²) in [5.41, 5.74) is -2.31. The van der Waals surface area contributed by atoms with Gasteiger partial charge in [-0.15, -0.1) is 20.4 Å². The fraction of sp³-hybridized carbons (Fsp3) is 0.196. The van der Waals surface area contributed by atoms with Gasteiger partial charge in [-0.3, -0.25) is 9.59 Å². The summed E-state index contributed by atoms with van der Waals surface area (Å²) in [5, 5.41) is 37.6. The Morgan fingerprint density at radius 1 is 0.568 bits per heavy atom. The molecule has 2 amide bonds. The fourth-order valence-electron chi connectivity index (χ4n) is 6.47. The molecular weight excluding hydrogens is 1090 g/mol. The number of aliphatic carboxylic acids is 1. The number of carbonyl (C=O) groups excluding carboxylic acids is 2. The number of nitrogens with zero attached hydrogens (tertiary/aromatic N) is 11. The zero-order valence-corrected chi connectivity index (χ0v) is 41.4. The smallest absolute Gasteiger partial charge is 0.478 e. The van der Waals surface area contributed by atoms with Crippen LogP contribution in [0.15, 0.2) is 122 Å². The van der Waals surface area contributed by atoms with Gasteiger partial charge in [0.1, 0.15) is 58.6 Å². The number of carbonyl (C=O) groups is 4. The van der Waals surface area contributed by atoms with E-state index in [1.165, 1.54) is 48.5 Å². The van der Waals surface area contributed by atoms with Gasteiger partial charge in [-0.25, -0.2) is 34.4 Å². The van der Waals surface area contributed by atoms with Crippen LogP contribution in [0.5, 0.6) is 23.3 Å². The predicted octanol–water partition coefficient (Wildman–Crippen LogP) is 12.3. The first-order valence-electron chi connectivity index (χ1n) is 22.6. The molecule has 2 aromatic carbocycles. The van der Waals surface area contributed by atoms with Gasteiger partial charge < -0.3 is 39.5 Å². The van der Waals surface area contributed by atoms with Crippen molar-refractivity contribution >= 4 is 41.1 Å². The number of benzene rings is 2. The number of anilines is 2. The van der Waals surface area contributed by atoms with E-state index in [4.69, 9.17) is 31.1 Å². The molecule has 0 bridgehead atoms. The average molecular weight is 1140 g/mol. The molecule has 0 saturated carbocycles. The van der Waals surface area contributed by atoms with Gasteiger partial charge in [-0.2, -0.15) is 39.5 Å².